The number of aromatic nitrogens is 2. The zero-order valence-corrected chi connectivity index (χ0v) is 14.9. The van der Waals surface area contributed by atoms with Gasteiger partial charge in [0.05, 0.1) is 13.2 Å². The van der Waals surface area contributed by atoms with Crippen molar-refractivity contribution in [3.8, 4) is 0 Å². The lowest BCUT2D eigenvalue weighted by Gasteiger charge is -2.23. The molecule has 1 saturated heterocycles. The van der Waals surface area contributed by atoms with E-state index in [1.54, 1.807) is 16.2 Å². The van der Waals surface area contributed by atoms with Gasteiger partial charge in [-0.3, -0.25) is 4.79 Å². The first-order valence-electron chi connectivity index (χ1n) is 7.48. The van der Waals surface area contributed by atoms with E-state index in [1.807, 2.05) is 12.3 Å². The zero-order chi connectivity index (χ0) is 17.3. The number of ether oxygens (including phenoxy) is 1. The number of likely N-dealkylation sites (tertiary alicyclic amines) is 1. The molecule has 126 valence electrons. The fraction of sp³-hybridized carbons (Fsp3) is 0.375. The molecule has 1 aliphatic rings. The Kier molecular flexibility index (Phi) is 4.82. The Bertz CT molecular complexity index is 793. The summed E-state index contributed by atoms with van der Waals surface area (Å²) in [5.41, 5.74) is 1.30. The van der Waals surface area contributed by atoms with Crippen molar-refractivity contribution in [3.05, 3.63) is 44.6 Å². The van der Waals surface area contributed by atoms with Crippen molar-refractivity contribution in [3.63, 3.8) is 0 Å². The molecule has 2 aromatic rings. The molecule has 0 bridgehead atoms. The van der Waals surface area contributed by atoms with Crippen LogP contribution in [0, 0.1) is 6.92 Å². The third-order valence-corrected chi connectivity index (χ3v) is 5.13. The average Bonchev–Trinajstić information content (AvgIpc) is 3.21. The smallest absolute Gasteiger partial charge is 0.356 e. The van der Waals surface area contributed by atoms with Crippen molar-refractivity contribution in [1.82, 2.24) is 14.9 Å². The molecule has 1 fully saturated rings. The van der Waals surface area contributed by atoms with Gasteiger partial charge in [-0.25, -0.2) is 14.8 Å². The van der Waals surface area contributed by atoms with Gasteiger partial charge in [0.25, 0.3) is 5.91 Å². The Morgan fingerprint density at radius 2 is 2.17 bits per heavy atom. The van der Waals surface area contributed by atoms with E-state index in [0.29, 0.717) is 12.1 Å². The molecular formula is C16H16ClN3O3S. The molecule has 24 heavy (non-hydrogen) atoms. The summed E-state index contributed by atoms with van der Waals surface area (Å²) in [7, 11) is 1.26. The molecule has 1 atom stereocenters. The van der Waals surface area contributed by atoms with Gasteiger partial charge in [-0.1, -0.05) is 11.6 Å². The minimum absolute atomic E-state index is 0.0224. The summed E-state index contributed by atoms with van der Waals surface area (Å²) in [6.45, 7) is 2.59. The van der Waals surface area contributed by atoms with Gasteiger partial charge in [-0.05, 0) is 31.9 Å². The van der Waals surface area contributed by atoms with Crippen LogP contribution in [0.25, 0.3) is 0 Å². The van der Waals surface area contributed by atoms with Crippen LogP contribution >= 0.6 is 22.9 Å². The minimum Gasteiger partial charge on any atom is -0.464 e. The maximum Gasteiger partial charge on any atom is 0.356 e. The van der Waals surface area contributed by atoms with Crippen molar-refractivity contribution >= 4 is 34.8 Å². The normalized spacial score (nSPS) is 17.1. The van der Waals surface area contributed by atoms with Crippen LogP contribution in [0.4, 0.5) is 0 Å². The Balaban J connectivity index is 1.90. The van der Waals surface area contributed by atoms with Gasteiger partial charge in [0.15, 0.2) is 5.69 Å². The molecule has 6 nitrogen and oxygen atoms in total. The van der Waals surface area contributed by atoms with Gasteiger partial charge >= 0.3 is 5.97 Å². The van der Waals surface area contributed by atoms with Gasteiger partial charge in [-0.2, -0.15) is 0 Å². The van der Waals surface area contributed by atoms with E-state index >= 15 is 0 Å². The molecular weight excluding hydrogens is 350 g/mol. The highest BCUT2D eigenvalue weighted by Gasteiger charge is 2.33. The molecule has 0 spiro atoms. The molecule has 0 radical (unpaired) electrons. The van der Waals surface area contributed by atoms with Crippen LogP contribution in [-0.2, 0) is 4.74 Å². The Labute approximate surface area is 148 Å². The average molecular weight is 366 g/mol. The summed E-state index contributed by atoms with van der Waals surface area (Å²) in [6, 6.07) is 2.85. The third-order valence-electron chi connectivity index (χ3n) is 3.87. The number of methoxy groups -OCH3 is 1. The van der Waals surface area contributed by atoms with E-state index in [4.69, 9.17) is 11.6 Å². The number of hydrogen-bond donors (Lipinski definition) is 0. The number of thiazole rings is 1. The van der Waals surface area contributed by atoms with E-state index in [1.165, 1.54) is 19.2 Å². The SMILES string of the molecule is COC(=O)c1cc(C(=O)N2CCCC2c2nc(C)cs2)cc(Cl)n1. The van der Waals surface area contributed by atoms with Crippen molar-refractivity contribution in [2.45, 2.75) is 25.8 Å². The van der Waals surface area contributed by atoms with Crippen molar-refractivity contribution in [2.24, 2.45) is 0 Å². The number of esters is 1. The van der Waals surface area contributed by atoms with Crippen molar-refractivity contribution in [1.29, 1.82) is 0 Å². The molecule has 1 amide bonds. The number of rotatable bonds is 3. The van der Waals surface area contributed by atoms with Crippen LogP contribution in [0.15, 0.2) is 17.5 Å². The van der Waals surface area contributed by atoms with Gasteiger partial charge in [0, 0.05) is 23.2 Å². The van der Waals surface area contributed by atoms with E-state index < -0.39 is 5.97 Å². The van der Waals surface area contributed by atoms with E-state index in [-0.39, 0.29) is 22.8 Å². The summed E-state index contributed by atoms with van der Waals surface area (Å²) in [6.07, 6.45) is 1.79. The highest BCUT2D eigenvalue weighted by molar-refractivity contribution is 7.09. The molecule has 8 heteroatoms. The van der Waals surface area contributed by atoms with E-state index in [9.17, 15) is 9.59 Å². The number of pyridine rings is 1. The van der Waals surface area contributed by atoms with E-state index in [0.717, 1.165) is 23.5 Å². The van der Waals surface area contributed by atoms with Crippen molar-refractivity contribution < 1.29 is 14.3 Å². The molecule has 1 aliphatic heterocycles. The standard InChI is InChI=1S/C16H16ClN3O3S/c1-9-8-24-14(18-9)12-4-3-5-20(12)15(21)10-6-11(16(22)23-2)19-13(17)7-10/h6-8,12H,3-5H2,1-2H3. The zero-order valence-electron chi connectivity index (χ0n) is 13.3. The number of carbonyl (C=O) groups excluding carboxylic acids is 2. The van der Waals surface area contributed by atoms with Crippen LogP contribution in [0.5, 0.6) is 0 Å². The molecule has 0 saturated carbocycles. The highest BCUT2D eigenvalue weighted by Crippen LogP contribution is 2.35. The summed E-state index contributed by atoms with van der Waals surface area (Å²) >= 11 is 7.52. The fourth-order valence-electron chi connectivity index (χ4n) is 2.79. The molecule has 2 aromatic heterocycles. The largest absolute Gasteiger partial charge is 0.464 e. The molecule has 3 heterocycles. The topological polar surface area (TPSA) is 72.4 Å². The third kappa shape index (κ3) is 3.27. The first kappa shape index (κ1) is 16.9. The number of hydrogen-bond acceptors (Lipinski definition) is 6. The quantitative estimate of drug-likeness (QED) is 0.616. The molecule has 0 aliphatic carbocycles. The highest BCUT2D eigenvalue weighted by atomic mass is 35.5. The Hall–Kier alpha value is -1.99. The number of aryl methyl sites for hydroxylation is 1. The lowest BCUT2D eigenvalue weighted by molar-refractivity contribution is 0.0594. The maximum atomic E-state index is 12.9. The second kappa shape index (κ2) is 6.86. The Morgan fingerprint density at radius 1 is 1.38 bits per heavy atom. The van der Waals surface area contributed by atoms with Crippen LogP contribution in [0.1, 0.15) is 50.4 Å². The number of amides is 1. The second-order valence-corrected chi connectivity index (χ2v) is 6.82. The second-order valence-electron chi connectivity index (χ2n) is 5.54. The van der Waals surface area contributed by atoms with E-state index in [2.05, 4.69) is 14.7 Å². The van der Waals surface area contributed by atoms with Gasteiger partial charge in [0.2, 0.25) is 0 Å². The van der Waals surface area contributed by atoms with Crippen LogP contribution < -0.4 is 0 Å². The van der Waals surface area contributed by atoms with Crippen LogP contribution in [0.3, 0.4) is 0 Å². The lowest BCUT2D eigenvalue weighted by atomic mass is 10.1. The monoisotopic (exact) mass is 365 g/mol. The molecule has 0 aromatic carbocycles. The summed E-state index contributed by atoms with van der Waals surface area (Å²) < 4.78 is 4.65. The lowest BCUT2D eigenvalue weighted by Crippen LogP contribution is -2.30. The van der Waals surface area contributed by atoms with Crippen LogP contribution in [-0.4, -0.2) is 40.4 Å². The van der Waals surface area contributed by atoms with Gasteiger partial charge in [-0.15, -0.1) is 11.3 Å². The molecule has 3 rings (SSSR count). The molecule has 1 unspecified atom stereocenters. The minimum atomic E-state index is -0.625. The van der Waals surface area contributed by atoms with Gasteiger partial charge < -0.3 is 9.64 Å². The number of halogens is 1. The Morgan fingerprint density at radius 3 is 2.83 bits per heavy atom. The first-order valence-corrected chi connectivity index (χ1v) is 8.74. The van der Waals surface area contributed by atoms with Gasteiger partial charge in [0.1, 0.15) is 10.2 Å². The predicted octanol–water partition coefficient (Wildman–Crippen LogP) is 3.26. The summed E-state index contributed by atoms with van der Waals surface area (Å²) in [5, 5.41) is 3.00. The predicted molar refractivity (Wildman–Crippen MR) is 90.4 cm³/mol. The number of nitrogens with zero attached hydrogens (tertiary/aromatic N) is 3. The fourth-order valence-corrected chi connectivity index (χ4v) is 3.94. The molecule has 0 N–H and O–H groups in total. The van der Waals surface area contributed by atoms with Crippen molar-refractivity contribution in [2.75, 3.05) is 13.7 Å². The maximum absolute atomic E-state index is 12.9. The first-order chi connectivity index (χ1) is 11.5. The number of carbonyl (C=O) groups is 2. The van der Waals surface area contributed by atoms with Crippen LogP contribution in [0.2, 0.25) is 5.15 Å². The summed E-state index contributed by atoms with van der Waals surface area (Å²) in [4.78, 5) is 34.8. The summed E-state index contributed by atoms with van der Waals surface area (Å²) in [5.74, 6) is -0.806.